The molecule has 1 amide bonds. The first-order valence-electron chi connectivity index (χ1n) is 5.32. The summed E-state index contributed by atoms with van der Waals surface area (Å²) < 4.78 is 1.15. The molecule has 1 aromatic heterocycles. The number of nitrogens with one attached hydrogen (secondary N) is 2. The fraction of sp³-hybridized carbons (Fsp3) is 0.545. The summed E-state index contributed by atoms with van der Waals surface area (Å²) in [6.07, 6.45) is 0. The third-order valence-electron chi connectivity index (χ3n) is 2.05. The Labute approximate surface area is 109 Å². The molecular formula is C11H17BrN2OS. The van der Waals surface area contributed by atoms with Gasteiger partial charge in [-0.25, -0.2) is 0 Å². The number of hydrogen-bond donors (Lipinski definition) is 2. The highest BCUT2D eigenvalue weighted by Crippen LogP contribution is 2.21. The zero-order chi connectivity index (χ0) is 12.0. The minimum atomic E-state index is 0.0632. The summed E-state index contributed by atoms with van der Waals surface area (Å²) >= 11 is 5.15. The number of amides is 1. The van der Waals surface area contributed by atoms with Crippen molar-refractivity contribution in [3.63, 3.8) is 0 Å². The molecule has 0 radical (unpaired) electrons. The predicted octanol–water partition coefficient (Wildman–Crippen LogP) is 2.37. The van der Waals surface area contributed by atoms with E-state index in [4.69, 9.17) is 0 Å². The highest BCUT2D eigenvalue weighted by atomic mass is 79.9. The Morgan fingerprint density at radius 1 is 1.44 bits per heavy atom. The Balaban J connectivity index is 2.06. The maximum Gasteiger partial charge on any atom is 0.222 e. The smallest absolute Gasteiger partial charge is 0.222 e. The second kappa shape index (κ2) is 7.04. The summed E-state index contributed by atoms with van der Waals surface area (Å²) in [5.41, 5.74) is 0. The summed E-state index contributed by atoms with van der Waals surface area (Å²) in [7, 11) is 0. The first-order valence-corrected chi connectivity index (χ1v) is 6.93. The van der Waals surface area contributed by atoms with Crippen LogP contribution in [0.15, 0.2) is 15.9 Å². The fourth-order valence-electron chi connectivity index (χ4n) is 1.14. The molecule has 0 unspecified atom stereocenters. The van der Waals surface area contributed by atoms with Crippen LogP contribution in [0.25, 0.3) is 0 Å². The lowest BCUT2D eigenvalue weighted by Crippen LogP contribution is -2.33. The monoisotopic (exact) mass is 304 g/mol. The van der Waals surface area contributed by atoms with Gasteiger partial charge < -0.3 is 10.6 Å². The molecule has 0 aromatic carbocycles. The molecule has 90 valence electrons. The van der Waals surface area contributed by atoms with Gasteiger partial charge in [-0.1, -0.05) is 13.8 Å². The van der Waals surface area contributed by atoms with Crippen LogP contribution >= 0.6 is 27.3 Å². The second-order valence-electron chi connectivity index (χ2n) is 3.83. The fourth-order valence-corrected chi connectivity index (χ4v) is 2.59. The van der Waals surface area contributed by atoms with E-state index in [0.717, 1.165) is 16.9 Å². The van der Waals surface area contributed by atoms with Crippen molar-refractivity contribution in [3.8, 4) is 0 Å². The van der Waals surface area contributed by atoms with Crippen LogP contribution in [-0.2, 0) is 11.3 Å². The number of carbonyl (C=O) groups is 1. The molecule has 1 heterocycles. The molecular weight excluding hydrogens is 288 g/mol. The lowest BCUT2D eigenvalue weighted by atomic mass is 10.2. The van der Waals surface area contributed by atoms with Crippen molar-refractivity contribution in [2.45, 2.75) is 20.4 Å². The molecule has 16 heavy (non-hydrogen) atoms. The van der Waals surface area contributed by atoms with E-state index in [1.807, 2.05) is 19.9 Å². The largest absolute Gasteiger partial charge is 0.355 e. The van der Waals surface area contributed by atoms with Gasteiger partial charge >= 0.3 is 0 Å². The lowest BCUT2D eigenvalue weighted by molar-refractivity contribution is -0.123. The highest BCUT2D eigenvalue weighted by molar-refractivity contribution is 9.11. The molecule has 0 aliphatic heterocycles. The van der Waals surface area contributed by atoms with Gasteiger partial charge in [0.25, 0.3) is 0 Å². The quantitative estimate of drug-likeness (QED) is 0.792. The molecule has 0 aliphatic rings. The molecule has 1 aromatic rings. The minimum absolute atomic E-state index is 0.0632. The van der Waals surface area contributed by atoms with Crippen molar-refractivity contribution in [3.05, 3.63) is 20.8 Å². The zero-order valence-electron chi connectivity index (χ0n) is 9.55. The number of carbonyl (C=O) groups excluding carboxylic acids is 1. The van der Waals surface area contributed by atoms with Crippen LogP contribution in [0.5, 0.6) is 0 Å². The second-order valence-corrected chi connectivity index (χ2v) is 6.38. The van der Waals surface area contributed by atoms with Gasteiger partial charge in [0, 0.05) is 30.4 Å². The van der Waals surface area contributed by atoms with Crippen molar-refractivity contribution in [2.24, 2.45) is 5.92 Å². The van der Waals surface area contributed by atoms with E-state index in [1.54, 1.807) is 11.3 Å². The molecule has 5 heteroatoms. The van der Waals surface area contributed by atoms with Crippen LogP contribution < -0.4 is 10.6 Å². The van der Waals surface area contributed by atoms with Crippen LogP contribution in [0, 0.1) is 5.92 Å². The Morgan fingerprint density at radius 2 is 2.19 bits per heavy atom. The Morgan fingerprint density at radius 3 is 2.75 bits per heavy atom. The van der Waals surface area contributed by atoms with Crippen LogP contribution in [0.4, 0.5) is 0 Å². The maximum absolute atomic E-state index is 11.2. The van der Waals surface area contributed by atoms with Gasteiger partial charge in [0.2, 0.25) is 5.91 Å². The van der Waals surface area contributed by atoms with Crippen molar-refractivity contribution >= 4 is 33.2 Å². The van der Waals surface area contributed by atoms with Crippen molar-refractivity contribution < 1.29 is 4.79 Å². The number of halogens is 1. The number of thiophene rings is 1. The van der Waals surface area contributed by atoms with E-state index >= 15 is 0 Å². The van der Waals surface area contributed by atoms with Gasteiger partial charge in [-0.2, -0.15) is 0 Å². The van der Waals surface area contributed by atoms with E-state index in [0.29, 0.717) is 6.54 Å². The standard InChI is InChI=1S/C11H17BrN2OS/c1-8(2)11(15)14-6-5-13-7-9-3-4-10(12)16-9/h3-4,8,13H,5-7H2,1-2H3,(H,14,15). The van der Waals surface area contributed by atoms with Crippen molar-refractivity contribution in [1.29, 1.82) is 0 Å². The predicted molar refractivity (Wildman–Crippen MR) is 71.6 cm³/mol. The third-order valence-corrected chi connectivity index (χ3v) is 3.68. The summed E-state index contributed by atoms with van der Waals surface area (Å²) in [6, 6.07) is 4.14. The molecule has 0 atom stereocenters. The van der Waals surface area contributed by atoms with E-state index in [-0.39, 0.29) is 11.8 Å². The van der Waals surface area contributed by atoms with E-state index in [2.05, 4.69) is 32.6 Å². The Hall–Kier alpha value is -0.390. The van der Waals surface area contributed by atoms with Crippen LogP contribution in [-0.4, -0.2) is 19.0 Å². The first kappa shape index (κ1) is 13.7. The molecule has 0 fully saturated rings. The molecule has 0 aliphatic carbocycles. The molecule has 3 nitrogen and oxygen atoms in total. The van der Waals surface area contributed by atoms with E-state index < -0.39 is 0 Å². The number of hydrogen-bond acceptors (Lipinski definition) is 3. The van der Waals surface area contributed by atoms with Gasteiger partial charge in [-0.05, 0) is 28.1 Å². The summed E-state index contributed by atoms with van der Waals surface area (Å²) in [6.45, 7) is 6.13. The van der Waals surface area contributed by atoms with Gasteiger partial charge in [-0.3, -0.25) is 4.79 Å². The molecule has 2 N–H and O–H groups in total. The van der Waals surface area contributed by atoms with Crippen molar-refractivity contribution in [1.82, 2.24) is 10.6 Å². The average molecular weight is 305 g/mol. The maximum atomic E-state index is 11.2. The minimum Gasteiger partial charge on any atom is -0.355 e. The van der Waals surface area contributed by atoms with Gasteiger partial charge in [-0.15, -0.1) is 11.3 Å². The van der Waals surface area contributed by atoms with Crippen LogP contribution in [0.2, 0.25) is 0 Å². The Bertz CT molecular complexity index is 338. The lowest BCUT2D eigenvalue weighted by Gasteiger charge is -2.07. The van der Waals surface area contributed by atoms with Gasteiger partial charge in [0.05, 0.1) is 3.79 Å². The molecule has 0 spiro atoms. The molecule has 1 rings (SSSR count). The van der Waals surface area contributed by atoms with Crippen LogP contribution in [0.3, 0.4) is 0 Å². The number of rotatable bonds is 6. The van der Waals surface area contributed by atoms with Gasteiger partial charge in [0.15, 0.2) is 0 Å². The summed E-state index contributed by atoms with van der Waals surface area (Å²) in [5.74, 6) is 0.175. The molecule has 0 saturated heterocycles. The summed E-state index contributed by atoms with van der Waals surface area (Å²) in [5, 5.41) is 6.15. The van der Waals surface area contributed by atoms with Crippen molar-refractivity contribution in [2.75, 3.05) is 13.1 Å². The highest BCUT2D eigenvalue weighted by Gasteiger charge is 2.04. The Kier molecular flexibility index (Phi) is 6.01. The first-order chi connectivity index (χ1) is 7.59. The molecule has 0 saturated carbocycles. The zero-order valence-corrected chi connectivity index (χ0v) is 12.0. The average Bonchev–Trinajstić information content (AvgIpc) is 2.63. The topological polar surface area (TPSA) is 41.1 Å². The molecule has 0 bridgehead atoms. The van der Waals surface area contributed by atoms with Crippen LogP contribution in [0.1, 0.15) is 18.7 Å². The summed E-state index contributed by atoms with van der Waals surface area (Å²) in [4.78, 5) is 12.5. The van der Waals surface area contributed by atoms with E-state index in [9.17, 15) is 4.79 Å². The van der Waals surface area contributed by atoms with E-state index in [1.165, 1.54) is 4.88 Å². The SMILES string of the molecule is CC(C)C(=O)NCCNCc1ccc(Br)s1. The third kappa shape index (κ3) is 5.09. The van der Waals surface area contributed by atoms with Gasteiger partial charge in [0.1, 0.15) is 0 Å². The normalized spacial score (nSPS) is 10.8.